The zero-order valence-electron chi connectivity index (χ0n) is 17.9. The Morgan fingerprint density at radius 1 is 0.848 bits per heavy atom. The minimum absolute atomic E-state index is 0.00557. The molecule has 0 bridgehead atoms. The van der Waals surface area contributed by atoms with E-state index >= 15 is 0 Å². The van der Waals surface area contributed by atoms with Crippen molar-refractivity contribution in [3.8, 4) is 11.5 Å². The molecule has 170 valence electrons. The highest BCUT2D eigenvalue weighted by Gasteiger charge is 2.20. The Kier molecular flexibility index (Phi) is 6.03. The molecule has 1 heterocycles. The van der Waals surface area contributed by atoms with Gasteiger partial charge in [0.05, 0.1) is 16.1 Å². The van der Waals surface area contributed by atoms with E-state index in [-0.39, 0.29) is 28.5 Å². The summed E-state index contributed by atoms with van der Waals surface area (Å²) < 4.78 is 36.4. The summed E-state index contributed by atoms with van der Waals surface area (Å²) in [7, 11) is -0.869. The molecule has 10 heteroatoms. The van der Waals surface area contributed by atoms with E-state index in [1.165, 1.54) is 38.4 Å². The first-order chi connectivity index (χ1) is 15.8. The number of carbonyl (C=O) groups is 2. The number of fused-ring (bicyclic) bond motifs is 1. The van der Waals surface area contributed by atoms with E-state index in [1.807, 2.05) is 0 Å². The Labute approximate surface area is 191 Å². The van der Waals surface area contributed by atoms with E-state index in [1.54, 1.807) is 42.5 Å². The highest BCUT2D eigenvalue weighted by molar-refractivity contribution is 7.89. The normalized spacial score (nSPS) is 12.5. The van der Waals surface area contributed by atoms with Crippen molar-refractivity contribution < 1.29 is 27.5 Å². The van der Waals surface area contributed by atoms with E-state index in [9.17, 15) is 18.0 Å². The highest BCUT2D eigenvalue weighted by Crippen LogP contribution is 2.34. The first-order valence-electron chi connectivity index (χ1n) is 9.90. The maximum Gasteiger partial charge on any atom is 0.257 e. The molecule has 0 unspecified atom stereocenters. The van der Waals surface area contributed by atoms with Gasteiger partial charge < -0.3 is 20.1 Å². The molecule has 0 atom stereocenters. The van der Waals surface area contributed by atoms with E-state index in [0.717, 1.165) is 4.31 Å². The zero-order valence-corrected chi connectivity index (χ0v) is 18.7. The Bertz CT molecular complexity index is 1340. The maximum absolute atomic E-state index is 12.9. The second-order valence-corrected chi connectivity index (χ2v) is 9.49. The van der Waals surface area contributed by atoms with Crippen LogP contribution in [0.15, 0.2) is 71.6 Å². The number of nitrogens with zero attached hydrogens (tertiary/aromatic N) is 1. The third-order valence-electron chi connectivity index (χ3n) is 4.93. The molecule has 2 amide bonds. The SMILES string of the molecule is CN(C)S(=O)(=O)c1cccc(C(=O)Nc2ccccc2C(=O)Nc2ccc3c(c2)OCO3)c1. The number of rotatable bonds is 6. The summed E-state index contributed by atoms with van der Waals surface area (Å²) in [6.45, 7) is 0.124. The molecule has 33 heavy (non-hydrogen) atoms. The third-order valence-corrected chi connectivity index (χ3v) is 6.74. The quantitative estimate of drug-likeness (QED) is 0.576. The molecule has 3 aromatic rings. The van der Waals surface area contributed by atoms with Crippen LogP contribution in [0.3, 0.4) is 0 Å². The lowest BCUT2D eigenvalue weighted by Crippen LogP contribution is -2.23. The van der Waals surface area contributed by atoms with Gasteiger partial charge in [0.1, 0.15) is 0 Å². The van der Waals surface area contributed by atoms with Gasteiger partial charge in [-0.3, -0.25) is 9.59 Å². The predicted molar refractivity (Wildman–Crippen MR) is 122 cm³/mol. The van der Waals surface area contributed by atoms with Crippen LogP contribution in [0.1, 0.15) is 20.7 Å². The largest absolute Gasteiger partial charge is 0.454 e. The fraction of sp³-hybridized carbons (Fsp3) is 0.130. The number of benzene rings is 3. The van der Waals surface area contributed by atoms with Gasteiger partial charge in [-0.05, 0) is 42.5 Å². The van der Waals surface area contributed by atoms with Crippen LogP contribution >= 0.6 is 0 Å². The summed E-state index contributed by atoms with van der Waals surface area (Å²) in [6.07, 6.45) is 0. The Morgan fingerprint density at radius 2 is 1.61 bits per heavy atom. The second kappa shape index (κ2) is 8.93. The number of hydrogen-bond donors (Lipinski definition) is 2. The van der Waals surface area contributed by atoms with Gasteiger partial charge in [0, 0.05) is 31.4 Å². The van der Waals surface area contributed by atoms with Gasteiger partial charge >= 0.3 is 0 Å². The molecular formula is C23H21N3O6S. The summed E-state index contributed by atoms with van der Waals surface area (Å²) in [5, 5.41) is 5.46. The first-order valence-corrected chi connectivity index (χ1v) is 11.3. The molecule has 0 fully saturated rings. The standard InChI is InChI=1S/C23H21N3O6S/c1-26(2)33(29,30)17-7-5-6-15(12-17)22(27)25-19-9-4-3-8-18(19)23(28)24-16-10-11-20-21(13-16)32-14-31-20/h3-13H,14H2,1-2H3,(H,24,28)(H,25,27). The Balaban J connectivity index is 1.54. The van der Waals surface area contributed by atoms with Crippen LogP contribution in [0.25, 0.3) is 0 Å². The van der Waals surface area contributed by atoms with Crippen LogP contribution in [0.5, 0.6) is 11.5 Å². The fourth-order valence-electron chi connectivity index (χ4n) is 3.17. The molecule has 2 N–H and O–H groups in total. The summed E-state index contributed by atoms with van der Waals surface area (Å²) in [5.41, 5.74) is 1.16. The van der Waals surface area contributed by atoms with Crippen molar-refractivity contribution in [3.05, 3.63) is 77.9 Å². The topological polar surface area (TPSA) is 114 Å². The third kappa shape index (κ3) is 4.66. The first kappa shape index (κ1) is 22.3. The summed E-state index contributed by atoms with van der Waals surface area (Å²) in [5.74, 6) is 0.143. The maximum atomic E-state index is 12.9. The van der Waals surface area contributed by atoms with Crippen molar-refractivity contribution in [1.29, 1.82) is 0 Å². The van der Waals surface area contributed by atoms with Crippen molar-refractivity contribution in [2.75, 3.05) is 31.5 Å². The number of anilines is 2. The zero-order chi connectivity index (χ0) is 23.6. The molecule has 0 saturated carbocycles. The van der Waals surface area contributed by atoms with Crippen molar-refractivity contribution in [1.82, 2.24) is 4.31 Å². The van der Waals surface area contributed by atoms with Gasteiger partial charge in [-0.15, -0.1) is 0 Å². The van der Waals surface area contributed by atoms with E-state index in [0.29, 0.717) is 17.2 Å². The number of ether oxygens (including phenoxy) is 2. The van der Waals surface area contributed by atoms with Crippen LogP contribution in [-0.4, -0.2) is 45.4 Å². The number of carbonyl (C=O) groups excluding carboxylic acids is 2. The molecule has 0 aliphatic carbocycles. The van der Waals surface area contributed by atoms with E-state index in [4.69, 9.17) is 9.47 Å². The average molecular weight is 468 g/mol. The van der Waals surface area contributed by atoms with Gasteiger partial charge in [-0.2, -0.15) is 0 Å². The van der Waals surface area contributed by atoms with Crippen molar-refractivity contribution in [2.45, 2.75) is 4.90 Å². The Hall–Kier alpha value is -3.89. The lowest BCUT2D eigenvalue weighted by Gasteiger charge is -2.14. The predicted octanol–water partition coefficient (Wildman–Crippen LogP) is 3.17. The number of hydrogen-bond acceptors (Lipinski definition) is 6. The van der Waals surface area contributed by atoms with Crippen molar-refractivity contribution >= 4 is 33.2 Å². The fourth-order valence-corrected chi connectivity index (χ4v) is 4.11. The molecule has 4 rings (SSSR count). The number of sulfonamides is 1. The summed E-state index contributed by atoms with van der Waals surface area (Å²) in [4.78, 5) is 25.7. The van der Waals surface area contributed by atoms with Crippen molar-refractivity contribution in [2.24, 2.45) is 0 Å². The van der Waals surface area contributed by atoms with Crippen LogP contribution in [0.4, 0.5) is 11.4 Å². The average Bonchev–Trinajstić information content (AvgIpc) is 3.27. The van der Waals surface area contributed by atoms with E-state index in [2.05, 4.69) is 10.6 Å². The smallest absolute Gasteiger partial charge is 0.257 e. The molecule has 9 nitrogen and oxygen atoms in total. The summed E-state index contributed by atoms with van der Waals surface area (Å²) in [6, 6.07) is 17.2. The molecule has 0 spiro atoms. The van der Waals surface area contributed by atoms with E-state index < -0.39 is 21.8 Å². The van der Waals surface area contributed by atoms with Crippen LogP contribution in [0, 0.1) is 0 Å². The minimum Gasteiger partial charge on any atom is -0.454 e. The van der Waals surface area contributed by atoms with Gasteiger partial charge in [-0.1, -0.05) is 18.2 Å². The molecule has 3 aromatic carbocycles. The van der Waals surface area contributed by atoms with Gasteiger partial charge in [0.2, 0.25) is 16.8 Å². The molecule has 0 saturated heterocycles. The molecule has 1 aliphatic heterocycles. The highest BCUT2D eigenvalue weighted by atomic mass is 32.2. The Morgan fingerprint density at radius 3 is 2.39 bits per heavy atom. The monoisotopic (exact) mass is 467 g/mol. The molecule has 0 aromatic heterocycles. The number of nitrogens with one attached hydrogen (secondary N) is 2. The lowest BCUT2D eigenvalue weighted by atomic mass is 10.1. The number of para-hydroxylation sites is 1. The minimum atomic E-state index is -3.70. The van der Waals surface area contributed by atoms with Gasteiger partial charge in [0.25, 0.3) is 11.8 Å². The second-order valence-electron chi connectivity index (χ2n) is 7.34. The lowest BCUT2D eigenvalue weighted by molar-refractivity contribution is 0.102. The van der Waals surface area contributed by atoms with Crippen LogP contribution in [-0.2, 0) is 10.0 Å². The van der Waals surface area contributed by atoms with Crippen LogP contribution in [0.2, 0.25) is 0 Å². The van der Waals surface area contributed by atoms with Gasteiger partial charge in [-0.25, -0.2) is 12.7 Å². The molecule has 1 aliphatic rings. The van der Waals surface area contributed by atoms with Gasteiger partial charge in [0.15, 0.2) is 11.5 Å². The van der Waals surface area contributed by atoms with Crippen molar-refractivity contribution in [3.63, 3.8) is 0 Å². The number of amides is 2. The summed E-state index contributed by atoms with van der Waals surface area (Å²) >= 11 is 0. The van der Waals surface area contributed by atoms with Crippen LogP contribution < -0.4 is 20.1 Å². The molecule has 0 radical (unpaired) electrons. The molecular weight excluding hydrogens is 446 g/mol.